The average Bonchev–Trinajstić information content (AvgIpc) is 2.95. The lowest BCUT2D eigenvalue weighted by Crippen LogP contribution is -2.64. The van der Waals surface area contributed by atoms with Crippen molar-refractivity contribution >= 4 is 29.8 Å². The molecule has 2 aromatic rings. The summed E-state index contributed by atoms with van der Waals surface area (Å²) in [5.74, 6) is -5.96. The summed E-state index contributed by atoms with van der Waals surface area (Å²) in [6, 6.07) is 5.18. The molecule has 0 amide bonds. The minimum absolute atomic E-state index is 0.263. The van der Waals surface area contributed by atoms with Gasteiger partial charge in [0.1, 0.15) is 17.9 Å². The van der Waals surface area contributed by atoms with E-state index < -0.39 is 96.0 Å². The van der Waals surface area contributed by atoms with E-state index in [0.29, 0.717) is 5.56 Å². The summed E-state index contributed by atoms with van der Waals surface area (Å²) in [4.78, 5) is 61.9. The van der Waals surface area contributed by atoms with E-state index in [9.17, 15) is 24.0 Å². The SMILES string of the molecule is [2H]c1c([2H])c([2H])c(C(=O)OCc2ccccc2)c(O[C@H]2O[C@@H](C(=O)OC)[C@H](OC(C)=O)[C@@H](OC(C)=O)[C@@H]2OC(C)=O)c1[2H]. The Labute approximate surface area is 229 Å². The van der Waals surface area contributed by atoms with Gasteiger partial charge >= 0.3 is 29.8 Å². The highest BCUT2D eigenvalue weighted by atomic mass is 16.7. The Kier molecular flexibility index (Phi) is 8.11. The number of ether oxygens (including phenoxy) is 7. The van der Waals surface area contributed by atoms with Crippen LogP contribution in [0.25, 0.3) is 0 Å². The van der Waals surface area contributed by atoms with Crippen molar-refractivity contribution in [2.75, 3.05) is 7.11 Å². The van der Waals surface area contributed by atoms with E-state index >= 15 is 0 Å². The first-order valence-corrected chi connectivity index (χ1v) is 11.5. The molecule has 1 aliphatic rings. The Morgan fingerprint density at radius 2 is 1.44 bits per heavy atom. The quantitative estimate of drug-likeness (QED) is 0.333. The molecule has 1 saturated heterocycles. The van der Waals surface area contributed by atoms with Crippen molar-refractivity contribution in [2.24, 2.45) is 0 Å². The molecule has 1 fully saturated rings. The third-order valence-electron chi connectivity index (χ3n) is 5.14. The Balaban J connectivity index is 2.14. The summed E-state index contributed by atoms with van der Waals surface area (Å²) in [6.07, 6.45) is -9.07. The van der Waals surface area contributed by atoms with Gasteiger partial charge in [0.05, 0.1) is 12.6 Å². The predicted octanol–water partition coefficient (Wildman–Crippen LogP) is 2.12. The molecule has 0 radical (unpaired) electrons. The van der Waals surface area contributed by atoms with Crippen molar-refractivity contribution in [1.29, 1.82) is 0 Å². The fourth-order valence-corrected chi connectivity index (χ4v) is 3.62. The van der Waals surface area contributed by atoms with Crippen molar-refractivity contribution in [3.63, 3.8) is 0 Å². The first-order chi connectivity index (χ1) is 20.3. The van der Waals surface area contributed by atoms with Gasteiger partial charge in [-0.15, -0.1) is 0 Å². The van der Waals surface area contributed by atoms with Gasteiger partial charge in [-0.3, -0.25) is 14.4 Å². The van der Waals surface area contributed by atoms with Gasteiger partial charge in [-0.1, -0.05) is 42.4 Å². The van der Waals surface area contributed by atoms with E-state index in [1.165, 1.54) is 0 Å². The topological polar surface area (TPSA) is 150 Å². The molecule has 0 saturated carbocycles. The minimum Gasteiger partial charge on any atom is -0.467 e. The lowest BCUT2D eigenvalue weighted by molar-refractivity contribution is -0.282. The fraction of sp³-hybridized carbons (Fsp3) is 0.370. The Hall–Kier alpha value is -4.45. The molecule has 0 aliphatic carbocycles. The van der Waals surface area contributed by atoms with Crippen molar-refractivity contribution in [3.05, 3.63) is 65.6 Å². The lowest BCUT2D eigenvalue weighted by atomic mass is 9.97. The fourth-order valence-electron chi connectivity index (χ4n) is 3.62. The van der Waals surface area contributed by atoms with E-state index in [4.69, 9.17) is 38.6 Å². The Morgan fingerprint density at radius 3 is 2.05 bits per heavy atom. The van der Waals surface area contributed by atoms with Gasteiger partial charge in [0.25, 0.3) is 0 Å². The standard InChI is InChI=1S/C27H28O12/c1-15(28)35-21-22(36-16(2)29)24(37-17(3)30)27(39-23(21)26(32)33-4)38-20-13-9-8-12-19(20)25(31)34-14-18-10-6-5-7-11-18/h5-13,21-24,27H,14H2,1-4H3/t21-,22-,23-,24+,27+/m1/s1/i8D,9D,12D,13D. The molecule has 12 nitrogen and oxygen atoms in total. The van der Waals surface area contributed by atoms with E-state index in [1.807, 2.05) is 0 Å². The molecule has 0 aromatic heterocycles. The Morgan fingerprint density at radius 1 is 0.846 bits per heavy atom. The number of carbonyl (C=O) groups is 5. The number of esters is 5. The number of hydrogen-bond donors (Lipinski definition) is 0. The van der Waals surface area contributed by atoms with Crippen LogP contribution in [0.5, 0.6) is 5.75 Å². The number of rotatable bonds is 9. The van der Waals surface area contributed by atoms with Crippen LogP contribution >= 0.6 is 0 Å². The normalized spacial score (nSPS) is 23.5. The van der Waals surface area contributed by atoms with Crippen LogP contribution in [0.2, 0.25) is 0 Å². The summed E-state index contributed by atoms with van der Waals surface area (Å²) in [7, 11) is 0.986. The van der Waals surface area contributed by atoms with Crippen LogP contribution in [-0.2, 0) is 54.2 Å². The van der Waals surface area contributed by atoms with Crippen LogP contribution in [0.15, 0.2) is 54.5 Å². The number of carbonyl (C=O) groups excluding carboxylic acids is 5. The smallest absolute Gasteiger partial charge is 0.342 e. The molecule has 2 aromatic carbocycles. The number of hydrogen-bond acceptors (Lipinski definition) is 12. The molecule has 0 bridgehead atoms. The maximum atomic E-state index is 13.2. The summed E-state index contributed by atoms with van der Waals surface area (Å²) in [6.45, 7) is 2.70. The molecule has 0 unspecified atom stereocenters. The second-order valence-electron chi connectivity index (χ2n) is 8.05. The predicted molar refractivity (Wildman–Crippen MR) is 130 cm³/mol. The first kappa shape index (κ1) is 23.7. The highest BCUT2D eigenvalue weighted by Gasteiger charge is 2.56. The summed E-state index contributed by atoms with van der Waals surface area (Å²) < 4.78 is 70.1. The van der Waals surface area contributed by atoms with Gasteiger partial charge in [0.2, 0.25) is 12.4 Å². The van der Waals surface area contributed by atoms with Gasteiger partial charge in [-0.25, -0.2) is 9.59 Å². The number of para-hydroxylation sites is 1. The van der Waals surface area contributed by atoms with Gasteiger partial charge in [0.15, 0.2) is 18.3 Å². The van der Waals surface area contributed by atoms with E-state index in [1.54, 1.807) is 30.3 Å². The van der Waals surface area contributed by atoms with Gasteiger partial charge in [-0.2, -0.15) is 0 Å². The molecule has 39 heavy (non-hydrogen) atoms. The monoisotopic (exact) mass is 548 g/mol. The molecule has 208 valence electrons. The molecule has 5 atom stereocenters. The maximum Gasteiger partial charge on any atom is 0.342 e. The van der Waals surface area contributed by atoms with E-state index in [0.717, 1.165) is 27.9 Å². The van der Waals surface area contributed by atoms with Gasteiger partial charge in [0, 0.05) is 20.8 Å². The third-order valence-corrected chi connectivity index (χ3v) is 5.14. The highest BCUT2D eigenvalue weighted by molar-refractivity contribution is 5.92. The number of methoxy groups -OCH3 is 1. The zero-order valence-electron chi connectivity index (χ0n) is 25.4. The highest BCUT2D eigenvalue weighted by Crippen LogP contribution is 2.32. The molecule has 1 heterocycles. The second kappa shape index (κ2) is 13.4. The minimum atomic E-state index is -1.98. The zero-order valence-corrected chi connectivity index (χ0v) is 21.4. The summed E-state index contributed by atoms with van der Waals surface area (Å²) in [5.41, 5.74) is -0.167. The molecular weight excluding hydrogens is 516 g/mol. The molecule has 0 N–H and O–H groups in total. The van der Waals surface area contributed by atoms with Gasteiger partial charge < -0.3 is 33.2 Å². The molecule has 12 heteroatoms. The first-order valence-electron chi connectivity index (χ1n) is 13.5. The lowest BCUT2D eigenvalue weighted by Gasteiger charge is -2.43. The molecule has 3 rings (SSSR count). The molecule has 1 aliphatic heterocycles. The number of benzene rings is 2. The van der Waals surface area contributed by atoms with Crippen LogP contribution in [0.1, 0.15) is 42.2 Å². The average molecular weight is 549 g/mol. The van der Waals surface area contributed by atoms with Crippen molar-refractivity contribution in [1.82, 2.24) is 0 Å². The zero-order chi connectivity index (χ0) is 32.0. The van der Waals surface area contributed by atoms with E-state index in [-0.39, 0.29) is 6.61 Å². The van der Waals surface area contributed by atoms with E-state index in [2.05, 4.69) is 0 Å². The largest absolute Gasteiger partial charge is 0.467 e. The summed E-state index contributed by atoms with van der Waals surface area (Å²) in [5, 5.41) is 0. The van der Waals surface area contributed by atoms with Crippen LogP contribution in [0.3, 0.4) is 0 Å². The van der Waals surface area contributed by atoms with Crippen LogP contribution < -0.4 is 4.74 Å². The Bertz CT molecular complexity index is 1400. The van der Waals surface area contributed by atoms with Crippen molar-refractivity contribution < 1.29 is 62.6 Å². The van der Waals surface area contributed by atoms with Gasteiger partial charge in [-0.05, 0) is 17.6 Å². The molecular formula is C27H28O12. The van der Waals surface area contributed by atoms with Crippen LogP contribution in [0.4, 0.5) is 0 Å². The third kappa shape index (κ3) is 7.77. The maximum absolute atomic E-state index is 13.2. The second-order valence-corrected chi connectivity index (χ2v) is 8.05. The van der Waals surface area contributed by atoms with Crippen LogP contribution in [-0.4, -0.2) is 67.7 Å². The van der Waals surface area contributed by atoms with Crippen LogP contribution in [0, 0.1) is 0 Å². The summed E-state index contributed by atoms with van der Waals surface area (Å²) >= 11 is 0. The van der Waals surface area contributed by atoms with Crippen molar-refractivity contribution in [3.8, 4) is 5.75 Å². The molecule has 0 spiro atoms. The van der Waals surface area contributed by atoms with Crippen molar-refractivity contribution in [2.45, 2.75) is 58.1 Å².